The van der Waals surface area contributed by atoms with Crippen molar-refractivity contribution in [3.63, 3.8) is 0 Å². The lowest BCUT2D eigenvalue weighted by Gasteiger charge is -2.34. The van der Waals surface area contributed by atoms with Crippen molar-refractivity contribution in [1.29, 1.82) is 0 Å². The molecule has 2 aromatic heterocycles. The number of aromatic nitrogens is 1. The normalized spacial score (nSPS) is 25.3. The summed E-state index contributed by atoms with van der Waals surface area (Å²) in [6, 6.07) is 5.34. The molecule has 10 heteroatoms. The highest BCUT2D eigenvalue weighted by Crippen LogP contribution is 2.42. The van der Waals surface area contributed by atoms with E-state index in [4.69, 9.17) is 0 Å². The largest absolute Gasteiger partial charge is 0.334 e. The molecule has 0 radical (unpaired) electrons. The zero-order valence-corrected chi connectivity index (χ0v) is 19.0. The number of sulfonamides is 1. The van der Waals surface area contributed by atoms with Gasteiger partial charge in [0.05, 0.1) is 17.0 Å². The van der Waals surface area contributed by atoms with E-state index < -0.39 is 22.1 Å². The van der Waals surface area contributed by atoms with Gasteiger partial charge in [-0.3, -0.25) is 14.5 Å². The predicted molar refractivity (Wildman–Crippen MR) is 116 cm³/mol. The highest BCUT2D eigenvalue weighted by Gasteiger charge is 2.54. The minimum absolute atomic E-state index is 0.0585. The first-order valence-corrected chi connectivity index (χ1v) is 12.8. The third-order valence-electron chi connectivity index (χ3n) is 6.14. The van der Waals surface area contributed by atoms with Crippen molar-refractivity contribution in [2.24, 2.45) is 5.92 Å². The Morgan fingerprint density at radius 1 is 1.13 bits per heavy atom. The van der Waals surface area contributed by atoms with Crippen molar-refractivity contribution in [2.75, 3.05) is 18.0 Å². The molecule has 5 rings (SSSR count). The number of rotatable bonds is 3. The summed E-state index contributed by atoms with van der Waals surface area (Å²) in [6.45, 7) is 4.16. The SMILES string of the molecule is CC(C)N1[C@H]2CN(C(=O)c3cccs3)C[C@@H]2N(C(=O)C2CC2)c2ncccc2S1(=O)=O. The first-order chi connectivity index (χ1) is 14.8. The molecule has 0 bridgehead atoms. The number of anilines is 1. The van der Waals surface area contributed by atoms with E-state index in [1.54, 1.807) is 21.9 Å². The molecule has 2 aromatic rings. The van der Waals surface area contributed by atoms with Crippen LogP contribution in [0.3, 0.4) is 0 Å². The minimum Gasteiger partial charge on any atom is -0.334 e. The van der Waals surface area contributed by atoms with Crippen LogP contribution in [-0.4, -0.2) is 65.6 Å². The van der Waals surface area contributed by atoms with Gasteiger partial charge in [0.1, 0.15) is 4.90 Å². The lowest BCUT2D eigenvalue weighted by atomic mass is 10.1. The van der Waals surface area contributed by atoms with Crippen LogP contribution < -0.4 is 4.90 Å². The number of amides is 2. The number of thiophene rings is 1. The van der Waals surface area contributed by atoms with Crippen LogP contribution in [0.2, 0.25) is 0 Å². The van der Waals surface area contributed by atoms with E-state index in [1.165, 1.54) is 27.9 Å². The van der Waals surface area contributed by atoms with Gasteiger partial charge in [-0.25, -0.2) is 13.4 Å². The quantitative estimate of drug-likeness (QED) is 0.700. The van der Waals surface area contributed by atoms with Crippen molar-refractivity contribution < 1.29 is 18.0 Å². The number of nitrogens with zero attached hydrogens (tertiary/aromatic N) is 4. The smallest absolute Gasteiger partial charge is 0.264 e. The molecule has 2 fully saturated rings. The molecule has 0 aromatic carbocycles. The molecule has 2 aliphatic heterocycles. The Balaban J connectivity index is 1.65. The number of hydrogen-bond donors (Lipinski definition) is 0. The van der Waals surface area contributed by atoms with E-state index in [-0.39, 0.29) is 47.6 Å². The molecule has 2 amide bonds. The van der Waals surface area contributed by atoms with Gasteiger partial charge in [-0.1, -0.05) is 6.07 Å². The lowest BCUT2D eigenvalue weighted by Crippen LogP contribution is -2.54. The summed E-state index contributed by atoms with van der Waals surface area (Å²) in [4.78, 5) is 34.8. The van der Waals surface area contributed by atoms with Gasteiger partial charge in [0, 0.05) is 31.2 Å². The molecule has 0 unspecified atom stereocenters. The van der Waals surface area contributed by atoms with E-state index in [1.807, 2.05) is 25.3 Å². The molecule has 1 saturated carbocycles. The van der Waals surface area contributed by atoms with Crippen LogP contribution in [0.15, 0.2) is 40.7 Å². The highest BCUT2D eigenvalue weighted by atomic mass is 32.2. The minimum atomic E-state index is -3.91. The van der Waals surface area contributed by atoms with Crippen LogP contribution in [0.25, 0.3) is 0 Å². The summed E-state index contributed by atoms with van der Waals surface area (Å²) < 4.78 is 28.9. The summed E-state index contributed by atoms with van der Waals surface area (Å²) in [7, 11) is -3.91. The van der Waals surface area contributed by atoms with Crippen LogP contribution in [0.5, 0.6) is 0 Å². The Morgan fingerprint density at radius 2 is 1.87 bits per heavy atom. The standard InChI is InChI=1S/C21H24N4O4S2/c1-13(2)25-16-12-23(21(27)17-5-4-10-30-17)11-15(16)24(20(26)14-7-8-14)19-18(31(25,28)29)6-3-9-22-19/h3-6,9-10,13-16H,7-8,11-12H2,1-2H3/t15-,16-/m0/s1. The number of pyridine rings is 1. The van der Waals surface area contributed by atoms with Crippen LogP contribution in [0.1, 0.15) is 36.4 Å². The summed E-state index contributed by atoms with van der Waals surface area (Å²) >= 11 is 1.36. The summed E-state index contributed by atoms with van der Waals surface area (Å²) in [6.07, 6.45) is 3.12. The molecule has 3 aliphatic rings. The molecule has 2 atom stereocenters. The molecular weight excluding hydrogens is 436 g/mol. The molecule has 1 saturated heterocycles. The molecule has 8 nitrogen and oxygen atoms in total. The fourth-order valence-corrected chi connectivity index (χ4v) is 7.33. The maximum Gasteiger partial charge on any atom is 0.264 e. The fourth-order valence-electron chi connectivity index (χ4n) is 4.66. The Labute approximate surface area is 185 Å². The van der Waals surface area contributed by atoms with Crippen LogP contribution in [0.4, 0.5) is 5.82 Å². The van der Waals surface area contributed by atoms with E-state index in [0.717, 1.165) is 12.8 Å². The zero-order valence-electron chi connectivity index (χ0n) is 17.3. The molecular formula is C21H24N4O4S2. The maximum absolute atomic E-state index is 13.7. The summed E-state index contributed by atoms with van der Waals surface area (Å²) in [5.74, 6) is -0.153. The molecule has 4 heterocycles. The van der Waals surface area contributed by atoms with Gasteiger partial charge in [0.2, 0.25) is 15.9 Å². The van der Waals surface area contributed by atoms with Gasteiger partial charge in [0.25, 0.3) is 5.91 Å². The first kappa shape index (κ1) is 20.6. The van der Waals surface area contributed by atoms with E-state index in [0.29, 0.717) is 4.88 Å². The fraction of sp³-hybridized carbons (Fsp3) is 0.476. The summed E-state index contributed by atoms with van der Waals surface area (Å²) in [5.41, 5.74) is 0. The van der Waals surface area contributed by atoms with Gasteiger partial charge in [0.15, 0.2) is 5.82 Å². The molecule has 164 valence electrons. The average Bonchev–Trinajstić information content (AvgIpc) is 3.30. The van der Waals surface area contributed by atoms with E-state index >= 15 is 0 Å². The van der Waals surface area contributed by atoms with Crippen LogP contribution >= 0.6 is 11.3 Å². The molecule has 0 spiro atoms. The van der Waals surface area contributed by atoms with Crippen molar-refractivity contribution in [1.82, 2.24) is 14.2 Å². The number of likely N-dealkylation sites (tertiary alicyclic amines) is 1. The third kappa shape index (κ3) is 3.28. The lowest BCUT2D eigenvalue weighted by molar-refractivity contribution is -0.120. The van der Waals surface area contributed by atoms with Crippen molar-refractivity contribution in [2.45, 2.75) is 49.7 Å². The zero-order chi connectivity index (χ0) is 21.9. The van der Waals surface area contributed by atoms with Gasteiger partial charge in [-0.15, -0.1) is 11.3 Å². The second kappa shape index (κ2) is 7.39. The Kier molecular flexibility index (Phi) is 4.91. The van der Waals surface area contributed by atoms with Crippen LogP contribution in [0, 0.1) is 5.92 Å². The number of hydrogen-bond acceptors (Lipinski definition) is 6. The van der Waals surface area contributed by atoms with Gasteiger partial charge >= 0.3 is 0 Å². The third-order valence-corrected chi connectivity index (χ3v) is 9.12. The molecule has 1 aliphatic carbocycles. The number of carbonyl (C=O) groups excluding carboxylic acids is 2. The predicted octanol–water partition coefficient (Wildman–Crippen LogP) is 2.19. The first-order valence-electron chi connectivity index (χ1n) is 10.4. The molecule has 0 N–H and O–H groups in total. The number of carbonyl (C=O) groups is 2. The summed E-state index contributed by atoms with van der Waals surface area (Å²) in [5, 5.41) is 1.84. The van der Waals surface area contributed by atoms with Gasteiger partial charge in [-0.05, 0) is 50.3 Å². The van der Waals surface area contributed by atoms with Gasteiger partial charge in [-0.2, -0.15) is 4.31 Å². The highest BCUT2D eigenvalue weighted by molar-refractivity contribution is 7.89. The average molecular weight is 461 g/mol. The van der Waals surface area contributed by atoms with Crippen LogP contribution in [-0.2, 0) is 14.8 Å². The Morgan fingerprint density at radius 3 is 2.52 bits per heavy atom. The van der Waals surface area contributed by atoms with Crippen molar-refractivity contribution in [3.8, 4) is 0 Å². The Hall–Kier alpha value is -2.30. The van der Waals surface area contributed by atoms with E-state index in [2.05, 4.69) is 4.98 Å². The number of fused-ring (bicyclic) bond motifs is 2. The maximum atomic E-state index is 13.7. The Bertz CT molecular complexity index is 1130. The van der Waals surface area contributed by atoms with Gasteiger partial charge < -0.3 is 4.90 Å². The second-order valence-corrected chi connectivity index (χ2v) is 11.3. The van der Waals surface area contributed by atoms with Crippen molar-refractivity contribution >= 4 is 39.0 Å². The second-order valence-electron chi connectivity index (χ2n) is 8.56. The topological polar surface area (TPSA) is 90.9 Å². The van der Waals surface area contributed by atoms with E-state index in [9.17, 15) is 18.0 Å². The molecule has 31 heavy (non-hydrogen) atoms. The van der Waals surface area contributed by atoms with Crippen molar-refractivity contribution in [3.05, 3.63) is 40.7 Å². The monoisotopic (exact) mass is 460 g/mol.